The summed E-state index contributed by atoms with van der Waals surface area (Å²) in [5.41, 5.74) is 15.3. The molecule has 0 N–H and O–H groups in total. The molecule has 5 nitrogen and oxygen atoms in total. The Kier molecular flexibility index (Phi) is 8.81. The number of nitriles is 1. The first-order valence-electron chi connectivity index (χ1n) is 21.4. The van der Waals surface area contributed by atoms with Crippen molar-refractivity contribution in [2.45, 2.75) is 0 Å². The number of hydrogen-bond acceptors (Lipinski definition) is 4. The number of rotatable bonds is 7. The average Bonchev–Trinajstić information content (AvgIpc) is 3.93. The molecule has 9 aromatic carbocycles. The van der Waals surface area contributed by atoms with Crippen LogP contribution in [0.5, 0.6) is 0 Å². The minimum absolute atomic E-state index is 0.433. The van der Waals surface area contributed by atoms with E-state index in [1.54, 1.807) is 0 Å². The number of furan rings is 1. The third kappa shape index (κ3) is 6.00. The zero-order valence-electron chi connectivity index (χ0n) is 34.5. The van der Waals surface area contributed by atoms with Crippen LogP contribution in [-0.4, -0.2) is 14.5 Å². The van der Waals surface area contributed by atoms with Gasteiger partial charge >= 0.3 is 0 Å². The fraction of sp³-hybridized carbons (Fsp3) is 0. The molecule has 298 valence electrons. The molecule has 3 aromatic heterocycles. The maximum atomic E-state index is 10.7. The van der Waals surface area contributed by atoms with Crippen molar-refractivity contribution in [1.82, 2.24) is 14.5 Å². The fourth-order valence-electron chi connectivity index (χ4n) is 9.38. The van der Waals surface area contributed by atoms with Crippen LogP contribution >= 0.6 is 0 Å². The standard InChI is InChI=1S/C59H36N4O/c60-37-50-54(41-25-12-4-13-26-41)61-59(62-55(50)42-27-14-5-15-28-42)43-35-48(39-21-8-2-9-22-39)56(49(36-43)40-23-10-3-11-24-40)63-51-32-17-16-29-47(51)53-52(63)34-33-46-45-31-18-30-44(57(45)64-58(46)53)38-19-6-1-7-20-38/h1-36H. The Morgan fingerprint density at radius 2 is 0.859 bits per heavy atom. The van der Waals surface area contributed by atoms with Gasteiger partial charge in [-0.3, -0.25) is 0 Å². The van der Waals surface area contributed by atoms with E-state index in [0.717, 1.165) is 99.5 Å². The zero-order chi connectivity index (χ0) is 42.6. The molecule has 0 fully saturated rings. The van der Waals surface area contributed by atoms with Gasteiger partial charge in [0.2, 0.25) is 0 Å². The topological polar surface area (TPSA) is 67.6 Å². The van der Waals surface area contributed by atoms with Crippen LogP contribution in [-0.2, 0) is 0 Å². The second-order valence-corrected chi connectivity index (χ2v) is 16.0. The molecule has 0 aliphatic carbocycles. The molecule has 64 heavy (non-hydrogen) atoms. The normalized spacial score (nSPS) is 11.4. The lowest BCUT2D eigenvalue weighted by molar-refractivity contribution is 0.674. The molecule has 0 spiro atoms. The summed E-state index contributed by atoms with van der Waals surface area (Å²) in [5, 5.41) is 15.0. The van der Waals surface area contributed by atoms with Crippen molar-refractivity contribution < 1.29 is 4.42 Å². The molecule has 0 aliphatic rings. The first-order chi connectivity index (χ1) is 31.7. The molecule has 12 aromatic rings. The zero-order valence-corrected chi connectivity index (χ0v) is 34.5. The second kappa shape index (κ2) is 15.3. The van der Waals surface area contributed by atoms with Gasteiger partial charge in [0.1, 0.15) is 22.8 Å². The van der Waals surface area contributed by atoms with Crippen LogP contribution in [0.3, 0.4) is 0 Å². The van der Waals surface area contributed by atoms with Gasteiger partial charge < -0.3 is 8.98 Å². The number of fused-ring (bicyclic) bond motifs is 7. The third-order valence-electron chi connectivity index (χ3n) is 12.3. The highest BCUT2D eigenvalue weighted by Crippen LogP contribution is 2.47. The van der Waals surface area contributed by atoms with Crippen LogP contribution in [0, 0.1) is 11.3 Å². The van der Waals surface area contributed by atoms with E-state index in [4.69, 9.17) is 14.4 Å². The highest BCUT2D eigenvalue weighted by Gasteiger charge is 2.26. The quantitative estimate of drug-likeness (QED) is 0.161. The first-order valence-corrected chi connectivity index (χ1v) is 21.4. The molecule has 0 radical (unpaired) electrons. The van der Waals surface area contributed by atoms with Crippen molar-refractivity contribution in [3.8, 4) is 79.0 Å². The van der Waals surface area contributed by atoms with Gasteiger partial charge in [-0.25, -0.2) is 9.97 Å². The minimum atomic E-state index is 0.433. The summed E-state index contributed by atoms with van der Waals surface area (Å²) in [5.74, 6) is 0.526. The largest absolute Gasteiger partial charge is 0.455 e. The smallest absolute Gasteiger partial charge is 0.160 e. The molecule has 0 saturated heterocycles. The summed E-state index contributed by atoms with van der Waals surface area (Å²) in [4.78, 5) is 10.5. The molecular formula is C59H36N4O. The Hall–Kier alpha value is -8.85. The Bertz CT molecular complexity index is 3640. The van der Waals surface area contributed by atoms with Gasteiger partial charge in [0.05, 0.1) is 33.5 Å². The molecular weight excluding hydrogens is 781 g/mol. The number of nitrogens with zero attached hydrogens (tertiary/aromatic N) is 4. The van der Waals surface area contributed by atoms with Gasteiger partial charge in [-0.05, 0) is 47.0 Å². The minimum Gasteiger partial charge on any atom is -0.455 e. The molecule has 0 saturated carbocycles. The predicted octanol–water partition coefficient (Wildman–Crippen LogP) is 15.3. The molecule has 0 amide bonds. The highest BCUT2D eigenvalue weighted by molar-refractivity contribution is 6.25. The molecule has 0 unspecified atom stereocenters. The monoisotopic (exact) mass is 816 g/mol. The number of hydrogen-bond donors (Lipinski definition) is 0. The summed E-state index contributed by atoms with van der Waals surface area (Å²) in [6, 6.07) is 77.8. The van der Waals surface area contributed by atoms with Crippen LogP contribution in [0.4, 0.5) is 0 Å². The van der Waals surface area contributed by atoms with Gasteiger partial charge in [-0.1, -0.05) is 188 Å². The Labute approximate surface area is 369 Å². The van der Waals surface area contributed by atoms with E-state index in [1.165, 1.54) is 0 Å². The molecule has 0 aliphatic heterocycles. The number of benzene rings is 9. The van der Waals surface area contributed by atoms with Crippen molar-refractivity contribution in [2.75, 3.05) is 0 Å². The molecule has 3 heterocycles. The summed E-state index contributed by atoms with van der Waals surface area (Å²) in [6.45, 7) is 0. The van der Waals surface area contributed by atoms with Crippen molar-refractivity contribution in [1.29, 1.82) is 5.26 Å². The number of aromatic nitrogens is 3. The SMILES string of the molecule is N#Cc1c(-c2ccccc2)nc(-c2cc(-c3ccccc3)c(-n3c4ccccc4c4c5oc6c(-c7ccccc7)cccc6c5ccc43)c(-c3ccccc3)c2)nc1-c1ccccc1. The summed E-state index contributed by atoms with van der Waals surface area (Å²) in [6.07, 6.45) is 0. The number of para-hydroxylation sites is 2. The first kappa shape index (κ1) is 37.0. The third-order valence-corrected chi connectivity index (χ3v) is 12.3. The summed E-state index contributed by atoms with van der Waals surface area (Å²) >= 11 is 0. The van der Waals surface area contributed by atoms with Crippen molar-refractivity contribution in [3.05, 3.63) is 224 Å². The Balaban J connectivity index is 1.19. The van der Waals surface area contributed by atoms with E-state index in [-0.39, 0.29) is 0 Å². The second-order valence-electron chi connectivity index (χ2n) is 16.0. The molecule has 5 heteroatoms. The van der Waals surface area contributed by atoms with E-state index in [1.807, 2.05) is 66.7 Å². The highest BCUT2D eigenvalue weighted by atomic mass is 16.3. The van der Waals surface area contributed by atoms with Crippen LogP contribution in [0.15, 0.2) is 223 Å². The molecule has 0 atom stereocenters. The van der Waals surface area contributed by atoms with Gasteiger partial charge in [0.25, 0.3) is 0 Å². The summed E-state index contributed by atoms with van der Waals surface area (Å²) in [7, 11) is 0. The van der Waals surface area contributed by atoms with Crippen LogP contribution in [0.2, 0.25) is 0 Å². The lowest BCUT2D eigenvalue weighted by Crippen LogP contribution is -2.04. The Morgan fingerprint density at radius 3 is 1.41 bits per heavy atom. The van der Waals surface area contributed by atoms with Gasteiger partial charge in [0.15, 0.2) is 5.82 Å². The maximum absolute atomic E-state index is 10.7. The van der Waals surface area contributed by atoms with Crippen LogP contribution in [0.25, 0.3) is 117 Å². The molecule has 12 rings (SSSR count). The van der Waals surface area contributed by atoms with E-state index < -0.39 is 0 Å². The van der Waals surface area contributed by atoms with Crippen molar-refractivity contribution in [3.63, 3.8) is 0 Å². The van der Waals surface area contributed by atoms with Crippen LogP contribution < -0.4 is 0 Å². The van der Waals surface area contributed by atoms with Crippen molar-refractivity contribution in [2.24, 2.45) is 0 Å². The van der Waals surface area contributed by atoms with E-state index >= 15 is 0 Å². The maximum Gasteiger partial charge on any atom is 0.160 e. The average molecular weight is 817 g/mol. The lowest BCUT2D eigenvalue weighted by atomic mass is 9.92. The van der Waals surface area contributed by atoms with E-state index in [9.17, 15) is 5.26 Å². The lowest BCUT2D eigenvalue weighted by Gasteiger charge is -2.21. The van der Waals surface area contributed by atoms with Gasteiger partial charge in [-0.2, -0.15) is 5.26 Å². The summed E-state index contributed by atoms with van der Waals surface area (Å²) < 4.78 is 9.49. The van der Waals surface area contributed by atoms with E-state index in [2.05, 4.69) is 162 Å². The predicted molar refractivity (Wildman–Crippen MR) is 261 cm³/mol. The van der Waals surface area contributed by atoms with Gasteiger partial charge in [0, 0.05) is 49.5 Å². The van der Waals surface area contributed by atoms with Crippen molar-refractivity contribution >= 4 is 43.7 Å². The molecule has 0 bridgehead atoms. The fourth-order valence-corrected chi connectivity index (χ4v) is 9.38. The Morgan fingerprint density at radius 1 is 0.391 bits per heavy atom. The van der Waals surface area contributed by atoms with Gasteiger partial charge in [-0.15, -0.1) is 0 Å². The van der Waals surface area contributed by atoms with Crippen LogP contribution in [0.1, 0.15) is 5.56 Å². The van der Waals surface area contributed by atoms with E-state index in [0.29, 0.717) is 22.8 Å².